The van der Waals surface area contributed by atoms with Crippen molar-refractivity contribution in [1.29, 1.82) is 0 Å². The van der Waals surface area contributed by atoms with Gasteiger partial charge in [-0.2, -0.15) is 0 Å². The van der Waals surface area contributed by atoms with E-state index in [1.807, 2.05) is 39.5 Å². The molecule has 0 bridgehead atoms. The summed E-state index contributed by atoms with van der Waals surface area (Å²) in [5.41, 5.74) is 1.70. The summed E-state index contributed by atoms with van der Waals surface area (Å²) in [5, 5.41) is 7.52. The van der Waals surface area contributed by atoms with Crippen molar-refractivity contribution in [3.8, 4) is 0 Å². The number of nitrogens with zero attached hydrogens (tertiary/aromatic N) is 2. The maximum Gasteiger partial charge on any atom is 0.410 e. The maximum absolute atomic E-state index is 12.2. The van der Waals surface area contributed by atoms with Gasteiger partial charge in [-0.25, -0.2) is 4.79 Å². The molecule has 1 unspecified atom stereocenters. The zero-order chi connectivity index (χ0) is 17.0. The lowest BCUT2D eigenvalue weighted by atomic mass is 10.1. The molecule has 1 aromatic heterocycles. The summed E-state index contributed by atoms with van der Waals surface area (Å²) < 4.78 is 10.6. The second-order valence-corrected chi connectivity index (χ2v) is 7.27. The van der Waals surface area contributed by atoms with E-state index in [0.717, 1.165) is 43.8 Å². The lowest BCUT2D eigenvalue weighted by molar-refractivity contribution is 0.0188. The van der Waals surface area contributed by atoms with E-state index < -0.39 is 5.60 Å². The fraction of sp³-hybridized carbons (Fsp3) is 0.765. The first-order valence-electron chi connectivity index (χ1n) is 8.39. The van der Waals surface area contributed by atoms with Crippen LogP contribution >= 0.6 is 0 Å². The molecule has 0 spiro atoms. The van der Waals surface area contributed by atoms with Gasteiger partial charge in [-0.15, -0.1) is 0 Å². The molecule has 130 valence electrons. The molecule has 0 saturated carbocycles. The Morgan fingerprint density at radius 3 is 2.78 bits per heavy atom. The lowest BCUT2D eigenvalue weighted by Gasteiger charge is -2.34. The Balaban J connectivity index is 1.79. The molecule has 1 amide bonds. The third kappa shape index (κ3) is 5.23. The van der Waals surface area contributed by atoms with Gasteiger partial charge >= 0.3 is 6.09 Å². The third-order valence-electron chi connectivity index (χ3n) is 4.06. The Bertz CT molecular complexity index is 514. The first kappa shape index (κ1) is 17.8. The van der Waals surface area contributed by atoms with Crippen LogP contribution in [0.15, 0.2) is 4.52 Å². The van der Waals surface area contributed by atoms with E-state index in [0.29, 0.717) is 12.6 Å². The van der Waals surface area contributed by atoms with Crippen molar-refractivity contribution < 1.29 is 14.1 Å². The first-order chi connectivity index (χ1) is 10.8. The van der Waals surface area contributed by atoms with E-state index in [1.165, 1.54) is 5.56 Å². The highest BCUT2D eigenvalue weighted by molar-refractivity contribution is 5.68. The molecule has 2 rings (SSSR count). The number of piperidine rings is 1. The molecule has 1 aromatic rings. The van der Waals surface area contributed by atoms with Gasteiger partial charge in [-0.1, -0.05) is 5.16 Å². The zero-order valence-electron chi connectivity index (χ0n) is 14.9. The number of aromatic nitrogens is 1. The summed E-state index contributed by atoms with van der Waals surface area (Å²) in [7, 11) is 0. The molecular weight excluding hydrogens is 294 g/mol. The number of hydrogen-bond acceptors (Lipinski definition) is 5. The SMILES string of the molecule is Cc1noc(C)c1CCNC1CCCN(C(=O)OC(C)(C)C)C1. The van der Waals surface area contributed by atoms with Crippen LogP contribution in [-0.4, -0.2) is 47.4 Å². The van der Waals surface area contributed by atoms with Crippen LogP contribution in [0.3, 0.4) is 0 Å². The van der Waals surface area contributed by atoms with Gasteiger partial charge in [-0.3, -0.25) is 0 Å². The van der Waals surface area contributed by atoms with Crippen LogP contribution < -0.4 is 5.32 Å². The van der Waals surface area contributed by atoms with E-state index in [-0.39, 0.29) is 6.09 Å². The molecule has 1 atom stereocenters. The largest absolute Gasteiger partial charge is 0.444 e. The van der Waals surface area contributed by atoms with Crippen molar-refractivity contribution in [2.24, 2.45) is 0 Å². The number of carbonyl (C=O) groups excluding carboxylic acids is 1. The number of carbonyl (C=O) groups is 1. The number of hydrogen-bond donors (Lipinski definition) is 1. The quantitative estimate of drug-likeness (QED) is 0.923. The van der Waals surface area contributed by atoms with E-state index in [2.05, 4.69) is 10.5 Å². The molecule has 1 aliphatic heterocycles. The predicted molar refractivity (Wildman–Crippen MR) is 88.5 cm³/mol. The molecule has 2 heterocycles. The smallest absolute Gasteiger partial charge is 0.410 e. The number of aryl methyl sites for hydroxylation is 2. The van der Waals surface area contributed by atoms with Gasteiger partial charge in [0.1, 0.15) is 11.4 Å². The van der Waals surface area contributed by atoms with Crippen LogP contribution in [0.5, 0.6) is 0 Å². The van der Waals surface area contributed by atoms with Crippen LogP contribution in [-0.2, 0) is 11.2 Å². The first-order valence-corrected chi connectivity index (χ1v) is 8.39. The highest BCUT2D eigenvalue weighted by atomic mass is 16.6. The minimum absolute atomic E-state index is 0.213. The molecule has 6 heteroatoms. The van der Waals surface area contributed by atoms with E-state index in [4.69, 9.17) is 9.26 Å². The summed E-state index contributed by atoms with van der Waals surface area (Å²) in [5.74, 6) is 0.892. The molecule has 1 N–H and O–H groups in total. The molecular formula is C17H29N3O3. The number of likely N-dealkylation sites (tertiary alicyclic amines) is 1. The van der Waals surface area contributed by atoms with Crippen molar-refractivity contribution in [2.45, 2.75) is 65.5 Å². The molecule has 0 radical (unpaired) electrons. The molecule has 1 saturated heterocycles. The van der Waals surface area contributed by atoms with Crippen LogP contribution in [0.1, 0.15) is 50.6 Å². The predicted octanol–water partition coefficient (Wildman–Crippen LogP) is 2.82. The molecule has 0 aliphatic carbocycles. The van der Waals surface area contributed by atoms with Gasteiger partial charge in [0, 0.05) is 24.7 Å². The monoisotopic (exact) mass is 323 g/mol. The third-order valence-corrected chi connectivity index (χ3v) is 4.06. The average molecular weight is 323 g/mol. The number of amides is 1. The van der Waals surface area contributed by atoms with Crippen LogP contribution in [0.2, 0.25) is 0 Å². The number of nitrogens with one attached hydrogen (secondary N) is 1. The highest BCUT2D eigenvalue weighted by Gasteiger charge is 2.27. The fourth-order valence-electron chi connectivity index (χ4n) is 2.90. The van der Waals surface area contributed by atoms with Gasteiger partial charge in [0.25, 0.3) is 0 Å². The fourth-order valence-corrected chi connectivity index (χ4v) is 2.90. The van der Waals surface area contributed by atoms with Crippen molar-refractivity contribution >= 4 is 6.09 Å². The van der Waals surface area contributed by atoms with Crippen molar-refractivity contribution in [3.63, 3.8) is 0 Å². The average Bonchev–Trinajstić information content (AvgIpc) is 2.77. The summed E-state index contributed by atoms with van der Waals surface area (Å²) >= 11 is 0. The number of rotatable bonds is 4. The van der Waals surface area contributed by atoms with Gasteiger partial charge in [0.2, 0.25) is 0 Å². The van der Waals surface area contributed by atoms with E-state index in [9.17, 15) is 4.79 Å². The highest BCUT2D eigenvalue weighted by Crippen LogP contribution is 2.16. The standard InChI is InChI=1S/C17H29N3O3/c1-12-15(13(2)23-19-12)8-9-18-14-7-6-10-20(11-14)16(21)22-17(3,4)5/h14,18H,6-11H2,1-5H3. The normalized spacial score (nSPS) is 19.0. The van der Waals surface area contributed by atoms with Crippen LogP contribution in [0.25, 0.3) is 0 Å². The van der Waals surface area contributed by atoms with Gasteiger partial charge in [-0.05, 0) is 60.4 Å². The molecule has 6 nitrogen and oxygen atoms in total. The van der Waals surface area contributed by atoms with Gasteiger partial charge < -0.3 is 19.5 Å². The summed E-state index contributed by atoms with van der Waals surface area (Å²) in [4.78, 5) is 14.0. The summed E-state index contributed by atoms with van der Waals surface area (Å²) in [6.07, 6.45) is 2.77. The second kappa shape index (κ2) is 7.34. The Labute approximate surface area is 138 Å². The maximum atomic E-state index is 12.2. The molecule has 1 fully saturated rings. The minimum atomic E-state index is -0.444. The van der Waals surface area contributed by atoms with Crippen molar-refractivity contribution in [3.05, 3.63) is 17.0 Å². The topological polar surface area (TPSA) is 67.6 Å². The molecule has 1 aliphatic rings. The summed E-state index contributed by atoms with van der Waals surface area (Å²) in [6.45, 7) is 11.9. The van der Waals surface area contributed by atoms with E-state index in [1.54, 1.807) is 0 Å². The Hall–Kier alpha value is -1.56. The lowest BCUT2D eigenvalue weighted by Crippen LogP contribution is -2.49. The van der Waals surface area contributed by atoms with Crippen molar-refractivity contribution in [1.82, 2.24) is 15.4 Å². The Morgan fingerprint density at radius 2 is 2.17 bits per heavy atom. The molecule has 23 heavy (non-hydrogen) atoms. The minimum Gasteiger partial charge on any atom is -0.444 e. The van der Waals surface area contributed by atoms with Crippen LogP contribution in [0.4, 0.5) is 4.79 Å². The van der Waals surface area contributed by atoms with Crippen molar-refractivity contribution in [2.75, 3.05) is 19.6 Å². The summed E-state index contributed by atoms with van der Waals surface area (Å²) in [6, 6.07) is 0.316. The van der Waals surface area contributed by atoms with Gasteiger partial charge in [0.15, 0.2) is 0 Å². The molecule has 0 aromatic carbocycles. The Morgan fingerprint density at radius 1 is 1.43 bits per heavy atom. The Kier molecular flexibility index (Phi) is 5.68. The number of ether oxygens (including phenoxy) is 1. The van der Waals surface area contributed by atoms with E-state index >= 15 is 0 Å². The zero-order valence-corrected chi connectivity index (χ0v) is 14.9. The second-order valence-electron chi connectivity index (χ2n) is 7.27. The van der Waals surface area contributed by atoms with Crippen LogP contribution in [0, 0.1) is 13.8 Å². The van der Waals surface area contributed by atoms with Gasteiger partial charge in [0.05, 0.1) is 5.69 Å².